The van der Waals surface area contributed by atoms with Gasteiger partial charge in [-0.2, -0.15) is 0 Å². The minimum atomic E-state index is 0.332. The van der Waals surface area contributed by atoms with Crippen molar-refractivity contribution < 1.29 is 5.11 Å². The lowest BCUT2D eigenvalue weighted by molar-refractivity contribution is 0.249. The zero-order valence-electron chi connectivity index (χ0n) is 6.27. The van der Waals surface area contributed by atoms with Gasteiger partial charge >= 0.3 is 0 Å². The summed E-state index contributed by atoms with van der Waals surface area (Å²) < 4.78 is 0. The summed E-state index contributed by atoms with van der Waals surface area (Å²) in [4.78, 5) is 0. The van der Waals surface area contributed by atoms with Crippen LogP contribution in [0.25, 0.3) is 0 Å². The molecule has 0 aliphatic rings. The topological polar surface area (TPSA) is 20.2 Å². The van der Waals surface area contributed by atoms with E-state index in [1.54, 1.807) is 0 Å². The molecule has 0 rings (SSSR count). The molecule has 1 unspecified atom stereocenters. The molecule has 0 heterocycles. The van der Waals surface area contributed by atoms with E-state index in [4.69, 9.17) is 5.11 Å². The van der Waals surface area contributed by atoms with E-state index in [1.807, 2.05) is 0 Å². The van der Waals surface area contributed by atoms with Crippen molar-refractivity contribution in [1.29, 1.82) is 0 Å². The summed E-state index contributed by atoms with van der Waals surface area (Å²) in [7, 11) is 0. The quantitative estimate of drug-likeness (QED) is 0.602. The summed E-state index contributed by atoms with van der Waals surface area (Å²) in [6.45, 7) is 6.27. The fourth-order valence-corrected chi connectivity index (χ4v) is 1.02. The van der Waals surface area contributed by atoms with E-state index in [2.05, 4.69) is 13.8 Å². The Bertz CT molecular complexity index is 46.5. The van der Waals surface area contributed by atoms with Gasteiger partial charge in [-0.3, -0.25) is 0 Å². The molecule has 1 radical (unpaired) electrons. The van der Waals surface area contributed by atoms with E-state index >= 15 is 0 Å². The van der Waals surface area contributed by atoms with Gasteiger partial charge in [0.25, 0.3) is 0 Å². The molecular formula is C8H17O. The van der Waals surface area contributed by atoms with Gasteiger partial charge in [0.2, 0.25) is 0 Å². The van der Waals surface area contributed by atoms with Gasteiger partial charge in [0, 0.05) is 6.61 Å². The molecule has 0 aliphatic heterocycles. The van der Waals surface area contributed by atoms with Gasteiger partial charge in [-0.05, 0) is 12.3 Å². The molecule has 0 amide bonds. The maximum atomic E-state index is 8.57. The highest BCUT2D eigenvalue weighted by Crippen LogP contribution is 2.13. The Morgan fingerprint density at radius 2 is 2.11 bits per heavy atom. The van der Waals surface area contributed by atoms with E-state index < -0.39 is 0 Å². The molecule has 0 aromatic heterocycles. The lowest BCUT2D eigenvalue weighted by Crippen LogP contribution is -2.00. The lowest BCUT2D eigenvalue weighted by Gasteiger charge is -2.10. The van der Waals surface area contributed by atoms with E-state index in [0.29, 0.717) is 12.5 Å². The summed E-state index contributed by atoms with van der Waals surface area (Å²) in [6.07, 6.45) is 4.29. The molecule has 0 saturated heterocycles. The predicted molar refractivity (Wildman–Crippen MR) is 40.1 cm³/mol. The van der Waals surface area contributed by atoms with Crippen molar-refractivity contribution in [2.24, 2.45) is 5.92 Å². The normalized spacial score (nSPS) is 13.7. The fourth-order valence-electron chi connectivity index (χ4n) is 1.02. The molecule has 1 nitrogen and oxygen atoms in total. The molecular weight excluding hydrogens is 112 g/mol. The fraction of sp³-hybridized carbons (Fsp3) is 0.875. The molecule has 0 saturated carbocycles. The van der Waals surface area contributed by atoms with Gasteiger partial charge in [-0.1, -0.05) is 33.1 Å². The third-order valence-corrected chi connectivity index (χ3v) is 1.73. The van der Waals surface area contributed by atoms with Gasteiger partial charge in [0.1, 0.15) is 0 Å². The number of hydrogen-bond acceptors (Lipinski definition) is 1. The first kappa shape index (κ1) is 8.96. The van der Waals surface area contributed by atoms with Crippen molar-refractivity contribution in [2.75, 3.05) is 6.61 Å². The van der Waals surface area contributed by atoms with Crippen LogP contribution in [0.2, 0.25) is 0 Å². The molecule has 9 heavy (non-hydrogen) atoms. The molecule has 55 valence electrons. The van der Waals surface area contributed by atoms with E-state index in [-0.39, 0.29) is 0 Å². The van der Waals surface area contributed by atoms with Crippen LogP contribution in [0.3, 0.4) is 0 Å². The SMILES string of the molecule is [CH2]CCC(CC)CCO. The van der Waals surface area contributed by atoms with Crippen molar-refractivity contribution in [2.45, 2.75) is 32.6 Å². The van der Waals surface area contributed by atoms with Crippen LogP contribution in [0, 0.1) is 12.8 Å². The van der Waals surface area contributed by atoms with Crippen LogP contribution in [0.1, 0.15) is 32.6 Å². The monoisotopic (exact) mass is 129 g/mol. The second-order valence-electron chi connectivity index (χ2n) is 2.43. The van der Waals surface area contributed by atoms with Crippen molar-refractivity contribution in [3.05, 3.63) is 6.92 Å². The highest BCUT2D eigenvalue weighted by atomic mass is 16.3. The standard InChI is InChI=1S/C8H17O/c1-3-5-8(4-2)6-7-9/h8-9H,1,3-7H2,2H3. The number of rotatable bonds is 5. The van der Waals surface area contributed by atoms with Gasteiger partial charge < -0.3 is 5.11 Å². The summed E-state index contributed by atoms with van der Waals surface area (Å²) in [5, 5.41) is 8.57. The van der Waals surface area contributed by atoms with Crippen LogP contribution in [-0.4, -0.2) is 11.7 Å². The summed E-state index contributed by atoms with van der Waals surface area (Å²) >= 11 is 0. The van der Waals surface area contributed by atoms with E-state index in [0.717, 1.165) is 19.3 Å². The molecule has 1 N–H and O–H groups in total. The van der Waals surface area contributed by atoms with Gasteiger partial charge in [0.15, 0.2) is 0 Å². The zero-order chi connectivity index (χ0) is 7.11. The molecule has 1 atom stereocenters. The zero-order valence-corrected chi connectivity index (χ0v) is 6.27. The third-order valence-electron chi connectivity index (χ3n) is 1.73. The highest BCUT2D eigenvalue weighted by Gasteiger charge is 2.01. The van der Waals surface area contributed by atoms with E-state index in [1.165, 1.54) is 6.42 Å². The second kappa shape index (κ2) is 6.09. The molecule has 0 spiro atoms. The van der Waals surface area contributed by atoms with Gasteiger partial charge in [0.05, 0.1) is 0 Å². The summed E-state index contributed by atoms with van der Waals surface area (Å²) in [5.41, 5.74) is 0. The maximum Gasteiger partial charge on any atom is 0.0433 e. The molecule has 0 aliphatic carbocycles. The van der Waals surface area contributed by atoms with Crippen molar-refractivity contribution in [1.82, 2.24) is 0 Å². The van der Waals surface area contributed by atoms with Crippen molar-refractivity contribution in [3.8, 4) is 0 Å². The van der Waals surface area contributed by atoms with Crippen LogP contribution >= 0.6 is 0 Å². The minimum Gasteiger partial charge on any atom is -0.396 e. The number of aliphatic hydroxyl groups is 1. The van der Waals surface area contributed by atoms with Crippen molar-refractivity contribution >= 4 is 0 Å². The molecule has 1 heteroatoms. The van der Waals surface area contributed by atoms with Gasteiger partial charge in [-0.25, -0.2) is 0 Å². The Balaban J connectivity index is 3.18. The number of hydrogen-bond donors (Lipinski definition) is 1. The second-order valence-corrected chi connectivity index (χ2v) is 2.43. The molecule has 0 aromatic rings. The Labute approximate surface area is 58.1 Å². The Kier molecular flexibility index (Phi) is 6.06. The average Bonchev–Trinajstić information content (AvgIpc) is 1.88. The maximum absolute atomic E-state index is 8.57. The first-order valence-electron chi connectivity index (χ1n) is 3.75. The van der Waals surface area contributed by atoms with Gasteiger partial charge in [-0.15, -0.1) is 0 Å². The average molecular weight is 129 g/mol. The van der Waals surface area contributed by atoms with Crippen molar-refractivity contribution in [3.63, 3.8) is 0 Å². The third kappa shape index (κ3) is 4.46. The Hall–Kier alpha value is -0.0400. The van der Waals surface area contributed by atoms with Crippen LogP contribution < -0.4 is 0 Å². The first-order chi connectivity index (χ1) is 4.35. The largest absolute Gasteiger partial charge is 0.396 e. The van der Waals surface area contributed by atoms with Crippen LogP contribution in [0.15, 0.2) is 0 Å². The van der Waals surface area contributed by atoms with Crippen LogP contribution in [0.5, 0.6) is 0 Å². The van der Waals surface area contributed by atoms with E-state index in [9.17, 15) is 0 Å². The molecule has 0 aromatic carbocycles. The lowest BCUT2D eigenvalue weighted by atomic mass is 9.98. The molecule has 0 fully saturated rings. The smallest absolute Gasteiger partial charge is 0.0433 e. The van der Waals surface area contributed by atoms with Crippen LogP contribution in [0.4, 0.5) is 0 Å². The van der Waals surface area contributed by atoms with Crippen LogP contribution in [-0.2, 0) is 0 Å². The Morgan fingerprint density at radius 1 is 1.44 bits per heavy atom. The predicted octanol–water partition coefficient (Wildman–Crippen LogP) is 2.01. The summed E-state index contributed by atoms with van der Waals surface area (Å²) in [5.74, 6) is 0.701. The number of aliphatic hydroxyl groups excluding tert-OH is 1. The minimum absolute atomic E-state index is 0.332. The molecule has 0 bridgehead atoms. The highest BCUT2D eigenvalue weighted by molar-refractivity contribution is 4.56. The Morgan fingerprint density at radius 3 is 2.44 bits per heavy atom. The first-order valence-corrected chi connectivity index (χ1v) is 3.75. The summed E-state index contributed by atoms with van der Waals surface area (Å²) in [6, 6.07) is 0.